The number of thiazole rings is 1. The van der Waals surface area contributed by atoms with Gasteiger partial charge in [0.2, 0.25) is 5.13 Å². The van der Waals surface area contributed by atoms with Crippen molar-refractivity contribution in [3.8, 4) is 0 Å². The fourth-order valence-electron chi connectivity index (χ4n) is 3.37. The van der Waals surface area contributed by atoms with E-state index in [0.717, 1.165) is 12.8 Å². The fraction of sp³-hybridized carbons (Fsp3) is 0.444. The first kappa shape index (κ1) is 16.0. The van der Waals surface area contributed by atoms with Gasteiger partial charge >= 0.3 is 0 Å². The summed E-state index contributed by atoms with van der Waals surface area (Å²) >= 11 is 1.62. The summed E-state index contributed by atoms with van der Waals surface area (Å²) in [4.78, 5) is 10.2. The van der Waals surface area contributed by atoms with Crippen LogP contribution in [-0.2, 0) is 6.42 Å². The lowest BCUT2D eigenvalue weighted by atomic mass is 9.68. The second kappa shape index (κ2) is 5.96. The van der Waals surface area contributed by atoms with Crippen molar-refractivity contribution in [3.05, 3.63) is 46.5 Å². The number of aliphatic imine (C=N–C) groups is 1. The molecule has 2 unspecified atom stereocenters. The highest BCUT2D eigenvalue weighted by Gasteiger charge is 2.37. The van der Waals surface area contributed by atoms with Crippen molar-refractivity contribution in [2.75, 3.05) is 0 Å². The van der Waals surface area contributed by atoms with Crippen molar-refractivity contribution in [2.24, 2.45) is 21.9 Å². The number of guanidine groups is 1. The molecule has 0 radical (unpaired) electrons. The van der Waals surface area contributed by atoms with Crippen LogP contribution in [0, 0.1) is 5.41 Å². The smallest absolute Gasteiger partial charge is 0.212 e. The molecule has 2 aromatic rings. The number of fused-ring (bicyclic) bond motifs is 1. The fourth-order valence-corrected chi connectivity index (χ4v) is 4.47. The van der Waals surface area contributed by atoms with E-state index in [1.54, 1.807) is 11.3 Å². The van der Waals surface area contributed by atoms with Gasteiger partial charge in [-0.25, -0.2) is 4.98 Å². The van der Waals surface area contributed by atoms with Crippen LogP contribution in [0.1, 0.15) is 55.2 Å². The van der Waals surface area contributed by atoms with Crippen molar-refractivity contribution < 1.29 is 0 Å². The predicted molar refractivity (Wildman–Crippen MR) is 97.3 cm³/mol. The van der Waals surface area contributed by atoms with Crippen molar-refractivity contribution in [1.29, 1.82) is 0 Å². The number of benzene rings is 1. The molecule has 0 amide bonds. The Morgan fingerprint density at radius 2 is 1.91 bits per heavy atom. The molecule has 5 heteroatoms. The van der Waals surface area contributed by atoms with Gasteiger partial charge in [0.05, 0.1) is 5.69 Å². The minimum atomic E-state index is 0.0722. The molecule has 1 heterocycles. The van der Waals surface area contributed by atoms with E-state index >= 15 is 0 Å². The lowest BCUT2D eigenvalue weighted by molar-refractivity contribution is 0.272. The topological polar surface area (TPSA) is 77.3 Å². The molecule has 4 N–H and O–H groups in total. The first-order valence-corrected chi connectivity index (χ1v) is 8.80. The van der Waals surface area contributed by atoms with E-state index in [0.29, 0.717) is 17.0 Å². The van der Waals surface area contributed by atoms with Crippen LogP contribution < -0.4 is 11.5 Å². The predicted octanol–water partition coefficient (Wildman–Crippen LogP) is 3.91. The van der Waals surface area contributed by atoms with Crippen LogP contribution in [0.3, 0.4) is 0 Å². The first-order valence-electron chi connectivity index (χ1n) is 7.99. The average molecular weight is 328 g/mol. The van der Waals surface area contributed by atoms with Crippen LogP contribution in [0.2, 0.25) is 0 Å². The highest BCUT2D eigenvalue weighted by molar-refractivity contribution is 7.15. The largest absolute Gasteiger partial charge is 0.370 e. The summed E-state index contributed by atoms with van der Waals surface area (Å²) in [5.41, 5.74) is 13.8. The maximum absolute atomic E-state index is 5.52. The van der Waals surface area contributed by atoms with Crippen molar-refractivity contribution >= 4 is 22.4 Å². The normalized spacial score (nSPS) is 20.8. The minimum Gasteiger partial charge on any atom is -0.370 e. The lowest BCUT2D eigenvalue weighted by Crippen LogP contribution is -2.26. The Morgan fingerprint density at radius 3 is 2.52 bits per heavy atom. The summed E-state index contributed by atoms with van der Waals surface area (Å²) in [5.74, 6) is 1.01. The summed E-state index contributed by atoms with van der Waals surface area (Å²) in [6.07, 6.45) is 2.13. The molecular formula is C18H24N4S. The van der Waals surface area contributed by atoms with Gasteiger partial charge < -0.3 is 11.5 Å². The van der Waals surface area contributed by atoms with Crippen LogP contribution in [-0.4, -0.2) is 10.9 Å². The molecule has 1 aliphatic carbocycles. The number of rotatable bonds is 2. The van der Waals surface area contributed by atoms with Crippen molar-refractivity contribution in [3.63, 3.8) is 0 Å². The van der Waals surface area contributed by atoms with Crippen LogP contribution in [0.15, 0.2) is 35.3 Å². The van der Waals surface area contributed by atoms with E-state index in [1.807, 2.05) is 0 Å². The van der Waals surface area contributed by atoms with Crippen LogP contribution in [0.5, 0.6) is 0 Å². The van der Waals surface area contributed by atoms with Gasteiger partial charge in [0.15, 0.2) is 5.96 Å². The molecule has 0 saturated carbocycles. The summed E-state index contributed by atoms with van der Waals surface area (Å²) < 4.78 is 0. The molecule has 0 spiro atoms. The van der Waals surface area contributed by atoms with Crippen LogP contribution in [0.4, 0.5) is 5.13 Å². The number of hydrogen-bond donors (Lipinski definition) is 2. The van der Waals surface area contributed by atoms with Gasteiger partial charge in [-0.2, -0.15) is 4.99 Å². The second-order valence-corrected chi connectivity index (χ2v) is 8.37. The molecule has 1 aromatic carbocycles. The zero-order chi connectivity index (χ0) is 16.6. The first-order chi connectivity index (χ1) is 10.8. The van der Waals surface area contributed by atoms with Crippen molar-refractivity contribution in [2.45, 2.75) is 45.4 Å². The summed E-state index contributed by atoms with van der Waals surface area (Å²) in [7, 11) is 0. The molecule has 122 valence electrons. The number of nitrogens with zero attached hydrogens (tertiary/aromatic N) is 2. The van der Waals surface area contributed by atoms with E-state index in [1.165, 1.54) is 16.1 Å². The highest BCUT2D eigenvalue weighted by Crippen LogP contribution is 2.50. The van der Waals surface area contributed by atoms with Gasteiger partial charge in [-0.05, 0) is 29.7 Å². The maximum atomic E-state index is 5.52. The molecule has 0 aliphatic heterocycles. The van der Waals surface area contributed by atoms with Crippen molar-refractivity contribution in [1.82, 2.24) is 4.98 Å². The zero-order valence-electron chi connectivity index (χ0n) is 13.9. The Kier molecular flexibility index (Phi) is 4.15. The average Bonchev–Trinajstić information content (AvgIpc) is 2.87. The van der Waals surface area contributed by atoms with Crippen LogP contribution in [0.25, 0.3) is 0 Å². The zero-order valence-corrected chi connectivity index (χ0v) is 14.7. The van der Waals surface area contributed by atoms with Gasteiger partial charge in [-0.1, -0.05) is 62.4 Å². The Labute approximate surface area is 141 Å². The molecule has 0 saturated heterocycles. The summed E-state index contributed by atoms with van der Waals surface area (Å²) in [5, 5.41) is 0.679. The standard InChI is InChI=1S/C18H24N4S/c1-18(2,3)13-9-12(11-7-5-4-6-8-11)10-14-15(13)21-17(23-14)22-16(19)20/h4-8,12-13H,9-10H2,1-3H3,(H4,19,20,21,22). The maximum Gasteiger partial charge on any atom is 0.212 e. The summed E-state index contributed by atoms with van der Waals surface area (Å²) in [6, 6.07) is 10.8. The molecular weight excluding hydrogens is 304 g/mol. The second-order valence-electron chi connectivity index (χ2n) is 7.31. The lowest BCUT2D eigenvalue weighted by Gasteiger charge is -2.37. The third-order valence-electron chi connectivity index (χ3n) is 4.54. The molecule has 2 atom stereocenters. The van der Waals surface area contributed by atoms with E-state index in [9.17, 15) is 0 Å². The molecule has 0 fully saturated rings. The Balaban J connectivity index is 2.01. The van der Waals surface area contributed by atoms with Crippen LogP contribution >= 0.6 is 11.3 Å². The van der Waals surface area contributed by atoms with Gasteiger partial charge in [-0.3, -0.25) is 0 Å². The van der Waals surface area contributed by atoms with E-state index in [2.05, 4.69) is 56.1 Å². The molecule has 3 rings (SSSR count). The quantitative estimate of drug-likeness (QED) is 0.648. The molecule has 0 bridgehead atoms. The number of aromatic nitrogens is 1. The Morgan fingerprint density at radius 1 is 1.22 bits per heavy atom. The number of nitrogens with two attached hydrogens (primary N) is 2. The molecule has 4 nitrogen and oxygen atoms in total. The van der Waals surface area contributed by atoms with E-state index in [-0.39, 0.29) is 11.4 Å². The van der Waals surface area contributed by atoms with Gasteiger partial charge in [0.25, 0.3) is 0 Å². The van der Waals surface area contributed by atoms with E-state index < -0.39 is 0 Å². The van der Waals surface area contributed by atoms with E-state index in [4.69, 9.17) is 16.5 Å². The third-order valence-corrected chi connectivity index (χ3v) is 5.53. The SMILES string of the molecule is CC(C)(C)C1CC(c2ccccc2)Cc2sc(N=C(N)N)nc21. The van der Waals surface area contributed by atoms with Gasteiger partial charge in [-0.15, -0.1) is 0 Å². The monoisotopic (exact) mass is 328 g/mol. The van der Waals surface area contributed by atoms with Gasteiger partial charge in [0, 0.05) is 10.8 Å². The Bertz CT molecular complexity index is 708. The highest BCUT2D eigenvalue weighted by atomic mass is 32.1. The molecule has 1 aromatic heterocycles. The van der Waals surface area contributed by atoms with Gasteiger partial charge in [0.1, 0.15) is 0 Å². The number of hydrogen-bond acceptors (Lipinski definition) is 3. The summed E-state index contributed by atoms with van der Waals surface area (Å²) in [6.45, 7) is 6.86. The molecule has 1 aliphatic rings. The third kappa shape index (κ3) is 3.39. The minimum absolute atomic E-state index is 0.0722. The molecule has 23 heavy (non-hydrogen) atoms. The Hall–Kier alpha value is -1.88.